The minimum Gasteiger partial charge on any atom is -0.467 e. The Morgan fingerprint density at radius 2 is 1.82 bits per heavy atom. The van der Waals surface area contributed by atoms with Crippen LogP contribution in [0.4, 0.5) is 11.5 Å². The number of carbonyl (C=O) groups excluding carboxylic acids is 2. The fourth-order valence-electron chi connectivity index (χ4n) is 3.05. The smallest absolute Gasteiger partial charge is 0.328 e. The Balaban J connectivity index is 1.66. The Labute approximate surface area is 202 Å². The number of hydrogen-bond donors (Lipinski definition) is 1. The van der Waals surface area contributed by atoms with Crippen molar-refractivity contribution >= 4 is 52.7 Å². The molecule has 7 nitrogen and oxygen atoms in total. The maximum absolute atomic E-state index is 12.6. The van der Waals surface area contributed by atoms with Gasteiger partial charge in [-0.1, -0.05) is 53.6 Å². The van der Waals surface area contributed by atoms with E-state index in [9.17, 15) is 9.59 Å². The van der Waals surface area contributed by atoms with Gasteiger partial charge >= 0.3 is 5.97 Å². The Hall–Kier alpha value is -3.42. The van der Waals surface area contributed by atoms with Crippen molar-refractivity contribution < 1.29 is 14.3 Å². The summed E-state index contributed by atoms with van der Waals surface area (Å²) >= 11 is 12.2. The third kappa shape index (κ3) is 6.31. The molecule has 1 heterocycles. The first-order valence-electron chi connectivity index (χ1n) is 9.99. The minimum atomic E-state index is -0.895. The van der Waals surface area contributed by atoms with E-state index in [1.165, 1.54) is 7.11 Å². The number of rotatable bonds is 8. The maximum atomic E-state index is 12.6. The zero-order valence-electron chi connectivity index (χ0n) is 18.0. The number of hydrogen-bond acceptors (Lipinski definition) is 6. The lowest BCUT2D eigenvalue weighted by Gasteiger charge is -2.17. The highest BCUT2D eigenvalue weighted by Crippen LogP contribution is 2.24. The Kier molecular flexibility index (Phi) is 8.40. The summed E-state index contributed by atoms with van der Waals surface area (Å²) in [6.07, 6.45) is 8.82. The van der Waals surface area contributed by atoms with Crippen LogP contribution in [-0.4, -0.2) is 42.0 Å². The number of ether oxygens (including phenoxy) is 1. The van der Waals surface area contributed by atoms with E-state index in [2.05, 4.69) is 15.3 Å². The van der Waals surface area contributed by atoms with E-state index >= 15 is 0 Å². The molecule has 1 unspecified atom stereocenters. The predicted octanol–water partition coefficient (Wildman–Crippen LogP) is 4.93. The van der Waals surface area contributed by atoms with Crippen LogP contribution in [-0.2, 0) is 9.53 Å². The van der Waals surface area contributed by atoms with Crippen LogP contribution in [0.15, 0.2) is 67.1 Å². The van der Waals surface area contributed by atoms with E-state index in [-0.39, 0.29) is 22.0 Å². The third-order valence-electron chi connectivity index (χ3n) is 4.84. The highest BCUT2D eigenvalue weighted by atomic mass is 35.5. The van der Waals surface area contributed by atoms with Gasteiger partial charge in [-0.15, -0.1) is 0 Å². The first-order chi connectivity index (χ1) is 15.9. The van der Waals surface area contributed by atoms with Crippen molar-refractivity contribution in [3.05, 3.63) is 88.3 Å². The SMILES string of the molecule is COC(=O)C(C/C=C/c1ccc(N(C)c2cnccn2)cc1)NC(=O)c1c(Cl)cccc1Cl. The fraction of sp³-hybridized carbons (Fsp3) is 0.167. The lowest BCUT2D eigenvalue weighted by molar-refractivity contribution is -0.142. The second-order valence-electron chi connectivity index (χ2n) is 7.00. The van der Waals surface area contributed by atoms with Gasteiger partial charge in [-0.2, -0.15) is 0 Å². The van der Waals surface area contributed by atoms with E-state index in [1.807, 2.05) is 42.3 Å². The number of benzene rings is 2. The van der Waals surface area contributed by atoms with Crippen LogP contribution in [0.3, 0.4) is 0 Å². The Morgan fingerprint density at radius 3 is 2.42 bits per heavy atom. The van der Waals surface area contributed by atoms with Crippen molar-refractivity contribution in [2.24, 2.45) is 0 Å². The predicted molar refractivity (Wildman–Crippen MR) is 130 cm³/mol. The number of halogens is 2. The Morgan fingerprint density at radius 1 is 1.12 bits per heavy atom. The summed E-state index contributed by atoms with van der Waals surface area (Å²) in [6.45, 7) is 0. The van der Waals surface area contributed by atoms with E-state index in [0.717, 1.165) is 17.1 Å². The van der Waals surface area contributed by atoms with E-state index in [4.69, 9.17) is 27.9 Å². The van der Waals surface area contributed by atoms with Crippen LogP contribution in [0, 0.1) is 0 Å². The molecule has 0 saturated heterocycles. The van der Waals surface area contributed by atoms with Gasteiger partial charge in [0.1, 0.15) is 6.04 Å². The molecular weight excluding hydrogens is 463 g/mol. The van der Waals surface area contributed by atoms with Crippen molar-refractivity contribution in [3.63, 3.8) is 0 Å². The summed E-state index contributed by atoms with van der Waals surface area (Å²) in [5.74, 6) is -0.390. The summed E-state index contributed by atoms with van der Waals surface area (Å²) in [7, 11) is 3.17. The molecule has 1 atom stereocenters. The molecule has 170 valence electrons. The van der Waals surface area contributed by atoms with Gasteiger partial charge in [0, 0.05) is 25.1 Å². The summed E-state index contributed by atoms with van der Waals surface area (Å²) < 4.78 is 4.83. The Bertz CT molecular complexity index is 1120. The number of nitrogens with one attached hydrogen (secondary N) is 1. The number of carbonyl (C=O) groups is 2. The summed E-state index contributed by atoms with van der Waals surface area (Å²) in [5, 5.41) is 3.04. The van der Waals surface area contributed by atoms with Gasteiger partial charge in [0.25, 0.3) is 5.91 Å². The fourth-order valence-corrected chi connectivity index (χ4v) is 3.62. The average molecular weight is 485 g/mol. The van der Waals surface area contributed by atoms with E-state index in [0.29, 0.717) is 0 Å². The lowest BCUT2D eigenvalue weighted by Crippen LogP contribution is -2.41. The van der Waals surface area contributed by atoms with Crippen molar-refractivity contribution in [1.29, 1.82) is 0 Å². The highest BCUT2D eigenvalue weighted by molar-refractivity contribution is 6.39. The first kappa shape index (κ1) is 24.2. The van der Waals surface area contributed by atoms with Crippen molar-refractivity contribution in [3.8, 4) is 0 Å². The standard InChI is InChI=1S/C24H22Cl2N4O3/c1-30(21-15-27-13-14-28-21)17-11-9-16(10-12-17)5-3-8-20(24(32)33-2)29-23(31)22-18(25)6-4-7-19(22)26/h3-7,9-15,20H,8H2,1-2H3,(H,29,31)/b5-3+. The molecule has 1 amide bonds. The molecule has 0 aliphatic heterocycles. The molecule has 3 aromatic rings. The van der Waals surface area contributed by atoms with Gasteiger partial charge in [-0.3, -0.25) is 9.78 Å². The van der Waals surface area contributed by atoms with Crippen LogP contribution in [0.1, 0.15) is 22.3 Å². The van der Waals surface area contributed by atoms with Gasteiger partial charge in [0.2, 0.25) is 0 Å². The molecule has 1 aromatic heterocycles. The zero-order valence-corrected chi connectivity index (χ0v) is 19.5. The average Bonchev–Trinajstić information content (AvgIpc) is 2.83. The number of amides is 1. The van der Waals surface area contributed by atoms with Gasteiger partial charge in [-0.25, -0.2) is 9.78 Å². The number of methoxy groups -OCH3 is 1. The van der Waals surface area contributed by atoms with Crippen molar-refractivity contribution in [1.82, 2.24) is 15.3 Å². The molecule has 1 N–H and O–H groups in total. The molecule has 0 radical (unpaired) electrons. The summed E-state index contributed by atoms with van der Waals surface area (Å²) in [6, 6.07) is 11.6. The molecular formula is C24H22Cl2N4O3. The monoisotopic (exact) mass is 484 g/mol. The third-order valence-corrected chi connectivity index (χ3v) is 5.47. The van der Waals surface area contributed by atoms with E-state index in [1.54, 1.807) is 42.9 Å². The first-order valence-corrected chi connectivity index (χ1v) is 10.8. The second kappa shape index (κ2) is 11.4. The molecule has 0 spiro atoms. The quantitative estimate of drug-likeness (QED) is 0.456. The van der Waals surface area contributed by atoms with Gasteiger partial charge in [0.15, 0.2) is 5.82 Å². The number of aromatic nitrogens is 2. The highest BCUT2D eigenvalue weighted by Gasteiger charge is 2.23. The van der Waals surface area contributed by atoms with E-state index < -0.39 is 17.9 Å². The van der Waals surface area contributed by atoms with Crippen molar-refractivity contribution in [2.45, 2.75) is 12.5 Å². The normalized spacial score (nSPS) is 11.8. The molecule has 33 heavy (non-hydrogen) atoms. The molecule has 0 aliphatic carbocycles. The topological polar surface area (TPSA) is 84.4 Å². The van der Waals surface area contributed by atoms with Crippen LogP contribution >= 0.6 is 23.2 Å². The number of esters is 1. The summed E-state index contributed by atoms with van der Waals surface area (Å²) in [4.78, 5) is 35.1. The lowest BCUT2D eigenvalue weighted by atomic mass is 10.1. The van der Waals surface area contributed by atoms with Crippen LogP contribution in [0.25, 0.3) is 6.08 Å². The van der Waals surface area contributed by atoms with Gasteiger partial charge < -0.3 is 15.0 Å². The summed E-state index contributed by atoms with van der Waals surface area (Å²) in [5.41, 5.74) is 1.99. The van der Waals surface area contributed by atoms with Crippen LogP contribution in [0.5, 0.6) is 0 Å². The molecule has 2 aromatic carbocycles. The molecule has 3 rings (SSSR count). The molecule has 0 fully saturated rings. The largest absolute Gasteiger partial charge is 0.467 e. The van der Waals surface area contributed by atoms with Gasteiger partial charge in [-0.05, 0) is 36.2 Å². The zero-order chi connectivity index (χ0) is 23.8. The van der Waals surface area contributed by atoms with Crippen molar-refractivity contribution in [2.75, 3.05) is 19.1 Å². The minimum absolute atomic E-state index is 0.113. The van der Waals surface area contributed by atoms with Gasteiger partial charge in [0.05, 0.1) is 28.9 Å². The molecule has 0 aliphatic rings. The van der Waals surface area contributed by atoms with Crippen LogP contribution in [0.2, 0.25) is 10.0 Å². The van der Waals surface area contributed by atoms with Crippen LogP contribution < -0.4 is 10.2 Å². The number of anilines is 2. The number of nitrogens with zero attached hydrogens (tertiary/aromatic N) is 3. The molecule has 0 saturated carbocycles. The second-order valence-corrected chi connectivity index (χ2v) is 7.81. The maximum Gasteiger partial charge on any atom is 0.328 e. The molecule has 9 heteroatoms. The molecule has 0 bridgehead atoms.